The van der Waals surface area contributed by atoms with Crippen LogP contribution in [0.15, 0.2) is 29.2 Å². The van der Waals surface area contributed by atoms with E-state index in [-0.39, 0.29) is 0 Å². The van der Waals surface area contributed by atoms with Crippen molar-refractivity contribution in [1.82, 2.24) is 4.31 Å². The fourth-order valence-electron chi connectivity index (χ4n) is 2.33. The number of hydrogen-bond donors (Lipinski definition) is 0. The van der Waals surface area contributed by atoms with Gasteiger partial charge in [0.1, 0.15) is 0 Å². The Balaban J connectivity index is 2.35. The molecule has 4 heteroatoms. The van der Waals surface area contributed by atoms with E-state index in [9.17, 15) is 8.42 Å². The van der Waals surface area contributed by atoms with E-state index in [0.29, 0.717) is 4.90 Å². The number of nitrogens with zero attached hydrogens (tertiary/aromatic N) is 1. The van der Waals surface area contributed by atoms with E-state index in [2.05, 4.69) is 6.92 Å². The van der Waals surface area contributed by atoms with Crippen molar-refractivity contribution >= 4 is 10.0 Å². The molecule has 0 saturated heterocycles. The van der Waals surface area contributed by atoms with Gasteiger partial charge in [-0.3, -0.25) is 0 Å². The first-order chi connectivity index (χ1) is 9.98. The fraction of sp³-hybridized carbons (Fsp3) is 0.647. The molecule has 1 aromatic carbocycles. The molecule has 0 amide bonds. The summed E-state index contributed by atoms with van der Waals surface area (Å²) in [6.45, 7) is 2.24. The summed E-state index contributed by atoms with van der Waals surface area (Å²) in [6.07, 6.45) is 10.1. The quantitative estimate of drug-likeness (QED) is 0.606. The van der Waals surface area contributed by atoms with Gasteiger partial charge in [-0.15, -0.1) is 0 Å². The van der Waals surface area contributed by atoms with Gasteiger partial charge in [0.15, 0.2) is 0 Å². The van der Waals surface area contributed by atoms with E-state index in [1.807, 2.05) is 12.1 Å². The summed E-state index contributed by atoms with van der Waals surface area (Å²) in [4.78, 5) is 0.371. The normalized spacial score (nSPS) is 12.0. The molecule has 3 nitrogen and oxygen atoms in total. The summed E-state index contributed by atoms with van der Waals surface area (Å²) in [5.74, 6) is 0. The third kappa shape index (κ3) is 6.18. The van der Waals surface area contributed by atoms with Crippen molar-refractivity contribution < 1.29 is 8.42 Å². The first kappa shape index (κ1) is 18.2. The highest BCUT2D eigenvalue weighted by atomic mass is 32.2. The van der Waals surface area contributed by atoms with Gasteiger partial charge in [0.05, 0.1) is 4.90 Å². The molecule has 120 valence electrons. The minimum absolute atomic E-state index is 0.371. The fourth-order valence-corrected chi connectivity index (χ4v) is 3.23. The van der Waals surface area contributed by atoms with Crippen molar-refractivity contribution in [2.75, 3.05) is 14.1 Å². The number of aryl methyl sites for hydroxylation is 1. The van der Waals surface area contributed by atoms with Crippen LogP contribution in [-0.4, -0.2) is 26.8 Å². The first-order valence-electron chi connectivity index (χ1n) is 8.00. The second-order valence-corrected chi connectivity index (χ2v) is 7.95. The van der Waals surface area contributed by atoms with Gasteiger partial charge in [-0.2, -0.15) is 0 Å². The average molecular weight is 311 g/mol. The zero-order chi connectivity index (χ0) is 15.7. The van der Waals surface area contributed by atoms with Gasteiger partial charge in [-0.25, -0.2) is 12.7 Å². The van der Waals surface area contributed by atoms with Gasteiger partial charge in [0, 0.05) is 14.1 Å². The van der Waals surface area contributed by atoms with Gasteiger partial charge >= 0.3 is 0 Å². The zero-order valence-electron chi connectivity index (χ0n) is 13.6. The van der Waals surface area contributed by atoms with Crippen molar-refractivity contribution in [3.05, 3.63) is 29.8 Å². The van der Waals surface area contributed by atoms with Crippen molar-refractivity contribution in [1.29, 1.82) is 0 Å². The molecule has 0 aliphatic rings. The molecule has 0 bridgehead atoms. The van der Waals surface area contributed by atoms with Crippen molar-refractivity contribution in [3.63, 3.8) is 0 Å². The molecule has 1 aromatic rings. The topological polar surface area (TPSA) is 37.4 Å². The van der Waals surface area contributed by atoms with E-state index in [0.717, 1.165) is 6.42 Å². The van der Waals surface area contributed by atoms with E-state index >= 15 is 0 Å². The van der Waals surface area contributed by atoms with Crippen LogP contribution in [0.1, 0.15) is 57.4 Å². The predicted molar refractivity (Wildman–Crippen MR) is 89.0 cm³/mol. The summed E-state index contributed by atoms with van der Waals surface area (Å²) < 4.78 is 25.2. The standard InChI is InChI=1S/C17H29NO2S/c1-4-5-6-7-8-9-10-11-16-12-14-17(15-13-16)21(19,20)18(2)3/h12-15H,4-11H2,1-3H3. The first-order valence-corrected chi connectivity index (χ1v) is 9.44. The second-order valence-electron chi connectivity index (χ2n) is 5.80. The summed E-state index contributed by atoms with van der Waals surface area (Å²) in [5, 5.41) is 0. The lowest BCUT2D eigenvalue weighted by Crippen LogP contribution is -2.22. The highest BCUT2D eigenvalue weighted by Gasteiger charge is 2.16. The molecular formula is C17H29NO2S. The molecule has 0 fully saturated rings. The smallest absolute Gasteiger partial charge is 0.207 e. The summed E-state index contributed by atoms with van der Waals surface area (Å²) in [6, 6.07) is 7.30. The molecule has 0 aliphatic carbocycles. The Kier molecular flexibility index (Phi) is 7.97. The SMILES string of the molecule is CCCCCCCCCc1ccc(S(=O)(=O)N(C)C)cc1. The second kappa shape index (κ2) is 9.21. The molecule has 0 radical (unpaired) electrons. The maximum absolute atomic E-state index is 12.0. The maximum Gasteiger partial charge on any atom is 0.242 e. The van der Waals surface area contributed by atoms with Gasteiger partial charge in [0.2, 0.25) is 10.0 Å². The molecule has 0 aromatic heterocycles. The number of rotatable bonds is 10. The molecule has 0 unspecified atom stereocenters. The van der Waals surface area contributed by atoms with E-state index in [1.54, 1.807) is 26.2 Å². The molecule has 0 atom stereocenters. The van der Waals surface area contributed by atoms with Crippen LogP contribution in [0.4, 0.5) is 0 Å². The van der Waals surface area contributed by atoms with E-state index in [1.165, 1.54) is 54.8 Å². The third-order valence-electron chi connectivity index (χ3n) is 3.77. The Hall–Kier alpha value is -0.870. The lowest BCUT2D eigenvalue weighted by Gasteiger charge is -2.11. The molecule has 0 saturated carbocycles. The lowest BCUT2D eigenvalue weighted by molar-refractivity contribution is 0.520. The van der Waals surface area contributed by atoms with Crippen molar-refractivity contribution in [3.8, 4) is 0 Å². The van der Waals surface area contributed by atoms with E-state index in [4.69, 9.17) is 0 Å². The molecule has 21 heavy (non-hydrogen) atoms. The summed E-state index contributed by atoms with van der Waals surface area (Å²) in [5.41, 5.74) is 1.22. The van der Waals surface area contributed by atoms with Crippen LogP contribution in [0.25, 0.3) is 0 Å². The Morgan fingerprint density at radius 2 is 1.38 bits per heavy atom. The highest BCUT2D eigenvalue weighted by molar-refractivity contribution is 7.89. The average Bonchev–Trinajstić information content (AvgIpc) is 2.46. The zero-order valence-corrected chi connectivity index (χ0v) is 14.5. The largest absolute Gasteiger partial charge is 0.242 e. The Morgan fingerprint density at radius 1 is 0.857 bits per heavy atom. The van der Waals surface area contributed by atoms with Gasteiger partial charge in [-0.05, 0) is 30.5 Å². The van der Waals surface area contributed by atoms with Crippen LogP contribution in [-0.2, 0) is 16.4 Å². The Bertz CT molecular complexity index is 492. The van der Waals surface area contributed by atoms with Crippen LogP contribution in [0.5, 0.6) is 0 Å². The highest BCUT2D eigenvalue weighted by Crippen LogP contribution is 2.16. The number of hydrogen-bond acceptors (Lipinski definition) is 2. The van der Waals surface area contributed by atoms with Crippen molar-refractivity contribution in [2.24, 2.45) is 0 Å². The molecule has 0 heterocycles. The molecule has 0 aliphatic heterocycles. The van der Waals surface area contributed by atoms with E-state index < -0.39 is 10.0 Å². The minimum atomic E-state index is -3.30. The lowest BCUT2D eigenvalue weighted by atomic mass is 10.0. The molecule has 1 rings (SSSR count). The van der Waals surface area contributed by atoms with Crippen LogP contribution in [0.3, 0.4) is 0 Å². The predicted octanol–water partition coefficient (Wildman–Crippen LogP) is 4.23. The monoisotopic (exact) mass is 311 g/mol. The van der Waals surface area contributed by atoms with Gasteiger partial charge < -0.3 is 0 Å². The van der Waals surface area contributed by atoms with Gasteiger partial charge in [-0.1, -0.05) is 57.6 Å². The number of benzene rings is 1. The van der Waals surface area contributed by atoms with Crippen LogP contribution in [0, 0.1) is 0 Å². The Morgan fingerprint density at radius 3 is 1.90 bits per heavy atom. The number of sulfonamides is 1. The Labute approximate surface area is 130 Å². The summed E-state index contributed by atoms with van der Waals surface area (Å²) in [7, 11) is -0.184. The molecule has 0 spiro atoms. The van der Waals surface area contributed by atoms with Gasteiger partial charge in [0.25, 0.3) is 0 Å². The number of unbranched alkanes of at least 4 members (excludes halogenated alkanes) is 6. The molecule has 0 N–H and O–H groups in total. The molecular weight excluding hydrogens is 282 g/mol. The third-order valence-corrected chi connectivity index (χ3v) is 5.60. The minimum Gasteiger partial charge on any atom is -0.207 e. The maximum atomic E-state index is 12.0. The van der Waals surface area contributed by atoms with Crippen LogP contribution >= 0.6 is 0 Å². The van der Waals surface area contributed by atoms with Crippen LogP contribution < -0.4 is 0 Å². The van der Waals surface area contributed by atoms with Crippen LogP contribution in [0.2, 0.25) is 0 Å². The summed E-state index contributed by atoms with van der Waals surface area (Å²) >= 11 is 0. The van der Waals surface area contributed by atoms with Crippen molar-refractivity contribution in [2.45, 2.75) is 63.2 Å².